The van der Waals surface area contributed by atoms with Gasteiger partial charge in [0.15, 0.2) is 5.82 Å². The van der Waals surface area contributed by atoms with Gasteiger partial charge in [0, 0.05) is 13.5 Å². The van der Waals surface area contributed by atoms with E-state index in [1.54, 1.807) is 11.9 Å². The lowest BCUT2D eigenvalue weighted by molar-refractivity contribution is 0.0786. The fourth-order valence-electron chi connectivity index (χ4n) is 2.57. The molecule has 20 heavy (non-hydrogen) atoms. The van der Waals surface area contributed by atoms with Crippen LogP contribution in [-0.2, 0) is 13.0 Å². The lowest BCUT2D eigenvalue weighted by Crippen LogP contribution is -2.25. The second-order valence-electron chi connectivity index (χ2n) is 5.15. The van der Waals surface area contributed by atoms with E-state index in [2.05, 4.69) is 17.1 Å². The molecule has 104 valence electrons. The first kappa shape index (κ1) is 12.8. The summed E-state index contributed by atoms with van der Waals surface area (Å²) < 4.78 is 2.05. The van der Waals surface area contributed by atoms with Crippen LogP contribution in [0.4, 0.5) is 0 Å². The number of fused-ring (bicyclic) bond motifs is 3. The highest BCUT2D eigenvalue weighted by Gasteiger charge is 2.26. The maximum atomic E-state index is 12.4. The average Bonchev–Trinajstić information content (AvgIpc) is 2.82. The van der Waals surface area contributed by atoms with Crippen molar-refractivity contribution >= 4 is 5.91 Å². The molecule has 1 aromatic carbocycles. The number of hydrogen-bond acceptors (Lipinski definition) is 3. The average molecular weight is 270 g/mol. The molecule has 0 aliphatic carbocycles. The SMILES string of the molecule is CCCCc1nnc2n1-c1ccccc1C(=O)N(C)C2. The van der Waals surface area contributed by atoms with Crippen LogP contribution >= 0.6 is 0 Å². The predicted octanol–water partition coefficient (Wildman–Crippen LogP) is 2.20. The van der Waals surface area contributed by atoms with Gasteiger partial charge in [0.05, 0.1) is 17.8 Å². The van der Waals surface area contributed by atoms with Gasteiger partial charge in [-0.25, -0.2) is 0 Å². The van der Waals surface area contributed by atoms with Gasteiger partial charge in [-0.1, -0.05) is 25.5 Å². The van der Waals surface area contributed by atoms with E-state index >= 15 is 0 Å². The van der Waals surface area contributed by atoms with Gasteiger partial charge in [-0.3, -0.25) is 9.36 Å². The Hall–Kier alpha value is -2.17. The first-order chi connectivity index (χ1) is 9.72. The lowest BCUT2D eigenvalue weighted by atomic mass is 10.1. The molecule has 3 rings (SSSR count). The minimum Gasteiger partial charge on any atom is -0.334 e. The maximum Gasteiger partial charge on any atom is 0.256 e. The van der Waals surface area contributed by atoms with Crippen LogP contribution in [-0.4, -0.2) is 32.6 Å². The van der Waals surface area contributed by atoms with Crippen molar-refractivity contribution in [3.05, 3.63) is 41.5 Å². The number of nitrogens with zero attached hydrogens (tertiary/aromatic N) is 4. The van der Waals surface area contributed by atoms with Crippen molar-refractivity contribution in [3.63, 3.8) is 0 Å². The van der Waals surface area contributed by atoms with E-state index in [1.807, 2.05) is 28.8 Å². The van der Waals surface area contributed by atoms with Crippen LogP contribution in [0, 0.1) is 0 Å². The number of aromatic nitrogens is 3. The van der Waals surface area contributed by atoms with Gasteiger partial charge in [0.25, 0.3) is 5.91 Å². The summed E-state index contributed by atoms with van der Waals surface area (Å²) in [4.78, 5) is 14.1. The van der Waals surface area contributed by atoms with Crippen molar-refractivity contribution in [2.75, 3.05) is 7.05 Å². The molecule has 2 aromatic rings. The van der Waals surface area contributed by atoms with Gasteiger partial charge < -0.3 is 4.90 Å². The number of carbonyl (C=O) groups excluding carboxylic acids is 1. The molecule has 0 atom stereocenters. The fraction of sp³-hybridized carbons (Fsp3) is 0.400. The molecule has 1 aliphatic rings. The summed E-state index contributed by atoms with van der Waals surface area (Å²) in [6.07, 6.45) is 3.07. The Morgan fingerprint density at radius 1 is 1.25 bits per heavy atom. The molecule has 1 aromatic heterocycles. The van der Waals surface area contributed by atoms with Gasteiger partial charge in [0.2, 0.25) is 0 Å². The summed E-state index contributed by atoms with van der Waals surface area (Å²) in [5.41, 5.74) is 1.61. The molecule has 0 N–H and O–H groups in total. The van der Waals surface area contributed by atoms with Crippen molar-refractivity contribution in [2.24, 2.45) is 0 Å². The molecule has 0 spiro atoms. The topological polar surface area (TPSA) is 51.0 Å². The summed E-state index contributed by atoms with van der Waals surface area (Å²) >= 11 is 0. The third-order valence-corrected chi connectivity index (χ3v) is 3.65. The van der Waals surface area contributed by atoms with Crippen LogP contribution in [0.2, 0.25) is 0 Å². The van der Waals surface area contributed by atoms with E-state index in [0.29, 0.717) is 12.1 Å². The largest absolute Gasteiger partial charge is 0.334 e. The third-order valence-electron chi connectivity index (χ3n) is 3.65. The molecule has 0 bridgehead atoms. The lowest BCUT2D eigenvalue weighted by Gasteiger charge is -2.12. The van der Waals surface area contributed by atoms with Gasteiger partial charge in [-0.15, -0.1) is 10.2 Å². The third kappa shape index (κ3) is 1.99. The zero-order valence-corrected chi connectivity index (χ0v) is 11.8. The zero-order valence-electron chi connectivity index (χ0n) is 11.8. The van der Waals surface area contributed by atoms with Crippen molar-refractivity contribution in [1.29, 1.82) is 0 Å². The van der Waals surface area contributed by atoms with E-state index in [0.717, 1.165) is 36.6 Å². The van der Waals surface area contributed by atoms with Crippen molar-refractivity contribution in [3.8, 4) is 5.69 Å². The number of rotatable bonds is 3. The number of amides is 1. The minimum atomic E-state index is 0.0348. The van der Waals surface area contributed by atoms with Crippen LogP contribution in [0.25, 0.3) is 5.69 Å². The van der Waals surface area contributed by atoms with Crippen LogP contribution in [0.1, 0.15) is 41.8 Å². The molecule has 5 heteroatoms. The number of hydrogen-bond donors (Lipinski definition) is 0. The Kier molecular flexibility index (Phi) is 3.26. The molecule has 5 nitrogen and oxygen atoms in total. The monoisotopic (exact) mass is 270 g/mol. The first-order valence-corrected chi connectivity index (χ1v) is 7.00. The predicted molar refractivity (Wildman–Crippen MR) is 75.8 cm³/mol. The van der Waals surface area contributed by atoms with Crippen LogP contribution < -0.4 is 0 Å². The molecule has 2 heterocycles. The van der Waals surface area contributed by atoms with Crippen LogP contribution in [0.15, 0.2) is 24.3 Å². The molecule has 0 saturated heterocycles. The summed E-state index contributed by atoms with van der Waals surface area (Å²) in [7, 11) is 1.80. The van der Waals surface area contributed by atoms with E-state index in [1.165, 1.54) is 0 Å². The van der Waals surface area contributed by atoms with E-state index in [4.69, 9.17) is 0 Å². The molecular formula is C15H18N4O. The molecule has 0 fully saturated rings. The number of unbranched alkanes of at least 4 members (excludes halogenated alkanes) is 1. The Morgan fingerprint density at radius 2 is 2.05 bits per heavy atom. The van der Waals surface area contributed by atoms with E-state index < -0.39 is 0 Å². The van der Waals surface area contributed by atoms with Crippen LogP contribution in [0.3, 0.4) is 0 Å². The van der Waals surface area contributed by atoms with Gasteiger partial charge in [-0.2, -0.15) is 0 Å². The summed E-state index contributed by atoms with van der Waals surface area (Å²) in [5.74, 6) is 1.81. The normalized spacial score (nSPS) is 13.9. The van der Waals surface area contributed by atoms with Gasteiger partial charge in [0.1, 0.15) is 5.82 Å². The summed E-state index contributed by atoms with van der Waals surface area (Å²) in [6, 6.07) is 7.68. The molecular weight excluding hydrogens is 252 g/mol. The second-order valence-corrected chi connectivity index (χ2v) is 5.15. The quantitative estimate of drug-likeness (QED) is 0.859. The number of carbonyl (C=O) groups is 1. The van der Waals surface area contributed by atoms with Crippen molar-refractivity contribution < 1.29 is 4.79 Å². The van der Waals surface area contributed by atoms with Crippen LogP contribution in [0.5, 0.6) is 0 Å². The molecule has 1 amide bonds. The molecule has 0 radical (unpaired) electrons. The van der Waals surface area contributed by atoms with E-state index in [9.17, 15) is 4.79 Å². The first-order valence-electron chi connectivity index (χ1n) is 7.00. The number of benzene rings is 1. The standard InChI is InChI=1S/C15H18N4O/c1-3-4-9-13-16-17-14-10-18(2)15(20)11-7-5-6-8-12(11)19(13)14/h5-8H,3-4,9-10H2,1-2H3. The Labute approximate surface area is 118 Å². The smallest absolute Gasteiger partial charge is 0.256 e. The molecule has 0 saturated carbocycles. The molecule has 0 unspecified atom stereocenters. The van der Waals surface area contributed by atoms with Crippen molar-refractivity contribution in [2.45, 2.75) is 32.7 Å². The van der Waals surface area contributed by atoms with Gasteiger partial charge in [-0.05, 0) is 18.6 Å². The minimum absolute atomic E-state index is 0.0348. The van der Waals surface area contributed by atoms with Gasteiger partial charge >= 0.3 is 0 Å². The Morgan fingerprint density at radius 3 is 2.85 bits per heavy atom. The summed E-state index contributed by atoms with van der Waals surface area (Å²) in [6.45, 7) is 2.65. The Bertz CT molecular complexity index is 647. The zero-order chi connectivity index (χ0) is 14.1. The molecule has 1 aliphatic heterocycles. The second kappa shape index (κ2) is 5.07. The highest BCUT2D eigenvalue weighted by molar-refractivity contribution is 5.98. The highest BCUT2D eigenvalue weighted by atomic mass is 16.2. The number of para-hydroxylation sites is 1. The number of aryl methyl sites for hydroxylation is 1. The maximum absolute atomic E-state index is 12.4. The van der Waals surface area contributed by atoms with Crippen molar-refractivity contribution in [1.82, 2.24) is 19.7 Å². The van der Waals surface area contributed by atoms with E-state index in [-0.39, 0.29) is 5.91 Å². The highest BCUT2D eigenvalue weighted by Crippen LogP contribution is 2.24. The fourth-order valence-corrected chi connectivity index (χ4v) is 2.57. The summed E-state index contributed by atoms with van der Waals surface area (Å²) in [5, 5.41) is 8.58. The Balaban J connectivity index is 2.17.